The molecule has 44 heavy (non-hydrogen) atoms. The van der Waals surface area contributed by atoms with E-state index in [4.69, 9.17) is 11.6 Å². The van der Waals surface area contributed by atoms with Crippen molar-refractivity contribution in [1.29, 1.82) is 0 Å². The van der Waals surface area contributed by atoms with Crippen molar-refractivity contribution in [2.24, 2.45) is 38.4 Å². The summed E-state index contributed by atoms with van der Waals surface area (Å²) in [4.78, 5) is 0. The Labute approximate surface area is 249 Å². The molecule has 0 amide bonds. The molecule has 1 nitrogen and oxygen atoms in total. The molecule has 0 heterocycles. The second-order valence-corrected chi connectivity index (χ2v) is 16.1. The molecule has 0 spiro atoms. The van der Waals surface area contributed by atoms with Gasteiger partial charge in [0.15, 0.2) is 0 Å². The fourth-order valence-electron chi connectivity index (χ4n) is 12.6. The Morgan fingerprint density at radius 3 is 1.41 bits per heavy atom. The lowest BCUT2D eigenvalue weighted by Crippen LogP contribution is -2.75. The third-order valence-corrected chi connectivity index (χ3v) is 13.5. The number of alkyl halides is 12. The van der Waals surface area contributed by atoms with Gasteiger partial charge in [-0.15, -0.1) is 0 Å². The Balaban J connectivity index is 1.51. The second-order valence-electron chi connectivity index (χ2n) is 15.7. The summed E-state index contributed by atoms with van der Waals surface area (Å²) in [5, 5.41) is 9.67. The molecule has 0 radical (unpaired) electrons. The lowest BCUT2D eigenvalue weighted by atomic mass is 9.25. The van der Waals surface area contributed by atoms with Crippen LogP contribution in [0.4, 0.5) is 52.7 Å². The molecule has 8 aliphatic rings. The van der Waals surface area contributed by atoms with Crippen LogP contribution in [0.2, 0.25) is 5.02 Å². The molecule has 9 rings (SSSR count). The molecule has 8 bridgehead atoms. The first kappa shape index (κ1) is 31.1. The minimum absolute atomic E-state index is 0.0215. The summed E-state index contributed by atoms with van der Waals surface area (Å²) >= 11 is 6.09. The summed E-state index contributed by atoms with van der Waals surface area (Å²) in [6, 6.07) is 3.33. The largest absolute Gasteiger partial charge is 0.506 e. The first-order chi connectivity index (χ1) is 19.8. The Morgan fingerprint density at radius 2 is 0.977 bits per heavy atom. The van der Waals surface area contributed by atoms with E-state index in [-0.39, 0.29) is 17.0 Å². The molecule has 1 aromatic rings. The van der Waals surface area contributed by atoms with Crippen molar-refractivity contribution < 1.29 is 57.8 Å². The number of rotatable bonds is 2. The second kappa shape index (κ2) is 8.12. The minimum atomic E-state index is -5.21. The fraction of sp³-hybridized carbons (Fsp3) is 0.800. The predicted octanol–water partition coefficient (Wildman–Crippen LogP) is 10.8. The van der Waals surface area contributed by atoms with Gasteiger partial charge in [-0.3, -0.25) is 0 Å². The molecule has 8 aliphatic carbocycles. The normalized spacial score (nSPS) is 46.6. The number of phenolic OH excluding ortho intramolecular Hbond substituents is 1. The van der Waals surface area contributed by atoms with Crippen LogP contribution in [0.3, 0.4) is 0 Å². The molecule has 4 unspecified atom stereocenters. The van der Waals surface area contributed by atoms with Crippen LogP contribution in [0.15, 0.2) is 18.2 Å². The van der Waals surface area contributed by atoms with Gasteiger partial charge in [0.1, 0.15) is 5.75 Å². The SMILES string of the molecule is Oc1ccc(C23CC4(C(F)(F)F)CC(C(F)(F)F)(C2)CC(C25CC6CC(C(F)(F)F)(CC(C(F)(F)F)(C6)C2)C5)(C3)C4)cc1Cl. The van der Waals surface area contributed by atoms with Crippen LogP contribution in [-0.2, 0) is 5.41 Å². The molecule has 246 valence electrons. The highest BCUT2D eigenvalue weighted by Crippen LogP contribution is 2.88. The predicted molar refractivity (Wildman–Crippen MR) is 133 cm³/mol. The van der Waals surface area contributed by atoms with Gasteiger partial charge < -0.3 is 5.11 Å². The van der Waals surface area contributed by atoms with Gasteiger partial charge in [0.25, 0.3) is 0 Å². The molecular weight excluding hydrogens is 640 g/mol. The van der Waals surface area contributed by atoms with E-state index in [9.17, 15) is 31.4 Å². The first-order valence-corrected chi connectivity index (χ1v) is 14.9. The van der Waals surface area contributed by atoms with Crippen molar-refractivity contribution >= 4 is 11.6 Å². The summed E-state index contributed by atoms with van der Waals surface area (Å²) < 4.78 is 181. The lowest BCUT2D eigenvalue weighted by molar-refractivity contribution is -0.404. The van der Waals surface area contributed by atoms with E-state index >= 15 is 26.3 Å². The zero-order chi connectivity index (χ0) is 32.4. The number of halogens is 13. The highest BCUT2D eigenvalue weighted by molar-refractivity contribution is 6.32. The van der Waals surface area contributed by atoms with E-state index in [1.807, 2.05) is 0 Å². The zero-order valence-corrected chi connectivity index (χ0v) is 23.9. The van der Waals surface area contributed by atoms with Crippen molar-refractivity contribution in [1.82, 2.24) is 0 Å². The van der Waals surface area contributed by atoms with Crippen LogP contribution >= 0.6 is 11.6 Å². The first-order valence-electron chi connectivity index (χ1n) is 14.6. The van der Waals surface area contributed by atoms with Gasteiger partial charge in [-0.2, -0.15) is 52.7 Å². The van der Waals surface area contributed by atoms with E-state index < -0.39 is 145 Å². The van der Waals surface area contributed by atoms with Crippen molar-refractivity contribution in [2.45, 2.75) is 107 Å². The van der Waals surface area contributed by atoms with Gasteiger partial charge in [0.2, 0.25) is 0 Å². The minimum Gasteiger partial charge on any atom is -0.506 e. The van der Waals surface area contributed by atoms with Crippen molar-refractivity contribution in [3.05, 3.63) is 28.8 Å². The number of hydrogen-bond acceptors (Lipinski definition) is 1. The smallest absolute Gasteiger partial charge is 0.394 e. The number of hydrogen-bond donors (Lipinski definition) is 1. The van der Waals surface area contributed by atoms with Crippen LogP contribution < -0.4 is 0 Å². The molecule has 8 fully saturated rings. The van der Waals surface area contributed by atoms with Crippen molar-refractivity contribution in [2.75, 3.05) is 0 Å². The van der Waals surface area contributed by atoms with Crippen LogP contribution in [0.25, 0.3) is 0 Å². The molecule has 8 saturated carbocycles. The third kappa shape index (κ3) is 3.65. The van der Waals surface area contributed by atoms with E-state index in [1.165, 1.54) is 6.07 Å². The number of benzene rings is 1. The van der Waals surface area contributed by atoms with Gasteiger partial charge >= 0.3 is 24.7 Å². The van der Waals surface area contributed by atoms with Crippen molar-refractivity contribution in [3.63, 3.8) is 0 Å². The van der Waals surface area contributed by atoms with Gasteiger partial charge in [0, 0.05) is 0 Å². The highest BCUT2D eigenvalue weighted by Gasteiger charge is 2.86. The molecule has 1 aromatic carbocycles. The summed E-state index contributed by atoms with van der Waals surface area (Å²) in [6.45, 7) is 0. The van der Waals surface area contributed by atoms with Gasteiger partial charge in [-0.05, 0) is 117 Å². The Morgan fingerprint density at radius 1 is 0.545 bits per heavy atom. The summed E-state index contributed by atoms with van der Waals surface area (Å²) in [5.74, 6) is -1.60. The fourth-order valence-corrected chi connectivity index (χ4v) is 12.8. The maximum absolute atomic E-state index is 15.3. The zero-order valence-electron chi connectivity index (χ0n) is 23.2. The Hall–Kier alpha value is -1.53. The van der Waals surface area contributed by atoms with Crippen LogP contribution in [0.5, 0.6) is 5.75 Å². The lowest BCUT2D eigenvalue weighted by Gasteiger charge is -2.78. The number of aromatic hydroxyl groups is 1. The Bertz CT molecular complexity index is 1350. The monoisotopic (exact) mass is 668 g/mol. The maximum atomic E-state index is 15.3. The van der Waals surface area contributed by atoms with Crippen LogP contribution in [0.1, 0.15) is 82.6 Å². The molecule has 14 heteroatoms. The molecular formula is C30H29ClF12O. The third-order valence-electron chi connectivity index (χ3n) is 13.2. The van der Waals surface area contributed by atoms with E-state index in [1.54, 1.807) is 0 Å². The van der Waals surface area contributed by atoms with Crippen molar-refractivity contribution in [3.8, 4) is 5.75 Å². The average Bonchev–Trinajstić information content (AvgIpc) is 2.81. The average molecular weight is 669 g/mol. The molecule has 0 aliphatic heterocycles. The highest BCUT2D eigenvalue weighted by atomic mass is 35.5. The summed E-state index contributed by atoms with van der Waals surface area (Å²) in [5.41, 5.74) is -17.7. The van der Waals surface area contributed by atoms with Gasteiger partial charge in [0.05, 0.1) is 26.7 Å². The van der Waals surface area contributed by atoms with Crippen LogP contribution in [-0.4, -0.2) is 29.8 Å². The standard InChI is InChI=1S/C30H29ClF12O/c31-18-3-17(1-2-19(18)44)20-7-24(13-25(8-20,29(38,39)40)15-26(9-20,14-24)30(41,42)43)21-4-16-5-22(10-21,27(32,33)34)12-23(6-16,11-21)28(35,36)37/h1-3,16,44H,4-15H2. The maximum Gasteiger partial charge on any atom is 0.394 e. The van der Waals surface area contributed by atoms with E-state index in [0.29, 0.717) is 0 Å². The molecule has 4 atom stereocenters. The Kier molecular flexibility index (Phi) is 5.74. The topological polar surface area (TPSA) is 20.2 Å². The summed E-state index contributed by atoms with van der Waals surface area (Å²) in [6.07, 6.45) is -30.4. The summed E-state index contributed by atoms with van der Waals surface area (Å²) in [7, 11) is 0. The molecule has 0 saturated heterocycles. The number of phenols is 1. The van der Waals surface area contributed by atoms with Gasteiger partial charge in [-0.1, -0.05) is 17.7 Å². The van der Waals surface area contributed by atoms with E-state index in [0.717, 1.165) is 12.1 Å². The van der Waals surface area contributed by atoms with Crippen LogP contribution in [0, 0.1) is 38.4 Å². The molecule has 0 aromatic heterocycles. The molecule has 1 N–H and O–H groups in total. The quantitative estimate of drug-likeness (QED) is 0.311. The van der Waals surface area contributed by atoms with Gasteiger partial charge in [-0.25, -0.2) is 0 Å². The van der Waals surface area contributed by atoms with E-state index in [2.05, 4.69) is 0 Å².